The molecule has 4 fully saturated rings. The average molecular weight is 572 g/mol. The molecular weight excluding hydrogens is 544 g/mol. The van der Waals surface area contributed by atoms with Crippen molar-refractivity contribution in [1.29, 1.82) is 0 Å². The summed E-state index contributed by atoms with van der Waals surface area (Å²) in [6, 6.07) is 6.98. The SMILES string of the molecule is C=CC(=O)N1C2CC(Oc3cc4c(Nc5ccc(Cl)c(Cl)c5F)ncnc4cc3OCCN3CCC3)C[C@@H]1C2. The monoisotopic (exact) mass is 571 g/mol. The van der Waals surface area contributed by atoms with Gasteiger partial charge in [0.2, 0.25) is 5.91 Å². The number of fused-ring (bicyclic) bond motifs is 3. The van der Waals surface area contributed by atoms with Crippen LogP contribution in [-0.4, -0.2) is 70.1 Å². The third kappa shape index (κ3) is 5.11. The maximum atomic E-state index is 14.8. The van der Waals surface area contributed by atoms with Gasteiger partial charge in [-0.3, -0.25) is 9.69 Å². The van der Waals surface area contributed by atoms with Crippen LogP contribution >= 0.6 is 23.2 Å². The molecule has 8 nitrogen and oxygen atoms in total. The van der Waals surface area contributed by atoms with Gasteiger partial charge in [0.25, 0.3) is 0 Å². The van der Waals surface area contributed by atoms with Crippen molar-refractivity contribution in [2.45, 2.75) is 43.9 Å². The number of hydrogen-bond acceptors (Lipinski definition) is 7. The summed E-state index contributed by atoms with van der Waals surface area (Å²) in [7, 11) is 0. The molecule has 1 N–H and O–H groups in total. The normalized spacial score (nSPS) is 22.1. The maximum absolute atomic E-state index is 14.8. The fourth-order valence-electron chi connectivity index (χ4n) is 5.57. The molecule has 3 aromatic rings. The van der Waals surface area contributed by atoms with E-state index in [1.54, 1.807) is 0 Å². The third-order valence-corrected chi connectivity index (χ3v) is 8.51. The number of likely N-dealkylation sites (tertiary alicyclic amines) is 1. The van der Waals surface area contributed by atoms with E-state index in [-0.39, 0.29) is 39.8 Å². The Bertz CT molecular complexity index is 1420. The molecule has 1 amide bonds. The minimum absolute atomic E-state index is 0.0298. The number of carbonyl (C=O) groups is 1. The zero-order chi connectivity index (χ0) is 27.1. The summed E-state index contributed by atoms with van der Waals surface area (Å²) in [6.07, 6.45) is 6.35. The fourth-order valence-corrected chi connectivity index (χ4v) is 5.88. The van der Waals surface area contributed by atoms with Gasteiger partial charge in [-0.2, -0.15) is 0 Å². The number of benzene rings is 2. The van der Waals surface area contributed by atoms with Crippen molar-refractivity contribution in [1.82, 2.24) is 19.8 Å². The number of anilines is 2. The molecule has 2 bridgehead atoms. The molecule has 4 heterocycles. The molecule has 3 atom stereocenters. The summed E-state index contributed by atoms with van der Waals surface area (Å²) in [4.78, 5) is 25.2. The van der Waals surface area contributed by atoms with Gasteiger partial charge >= 0.3 is 0 Å². The topological polar surface area (TPSA) is 79.8 Å². The van der Waals surface area contributed by atoms with Crippen molar-refractivity contribution < 1.29 is 18.7 Å². The van der Waals surface area contributed by atoms with Crippen LogP contribution in [0.5, 0.6) is 11.5 Å². The summed E-state index contributed by atoms with van der Waals surface area (Å²) in [6.45, 7) is 7.14. The van der Waals surface area contributed by atoms with Gasteiger partial charge in [-0.25, -0.2) is 14.4 Å². The lowest BCUT2D eigenvalue weighted by atomic mass is 9.78. The fraction of sp³-hybridized carbons (Fsp3) is 0.393. The Labute approximate surface area is 235 Å². The number of hydrogen-bond donors (Lipinski definition) is 1. The third-order valence-electron chi connectivity index (χ3n) is 7.73. The highest BCUT2D eigenvalue weighted by atomic mass is 35.5. The van der Waals surface area contributed by atoms with Crippen molar-refractivity contribution >= 4 is 51.5 Å². The molecule has 2 unspecified atom stereocenters. The standard InChI is InChI=1S/C28H28Cl2FN5O3/c1-2-25(37)36-16-10-17(36)12-18(11-16)39-24-13-19-22(14-23(24)38-9-8-35-6-3-7-35)32-15-33-28(19)34-21-5-4-20(29)26(30)27(21)31/h2,4-5,13-18H,1,3,6-12H2,(H,32,33,34)/t16-,17?,18?/m0/s1. The predicted molar refractivity (Wildman–Crippen MR) is 149 cm³/mol. The second-order valence-corrected chi connectivity index (χ2v) is 10.9. The van der Waals surface area contributed by atoms with Gasteiger partial charge in [-0.05, 0) is 50.2 Å². The van der Waals surface area contributed by atoms with Crippen LogP contribution in [0.2, 0.25) is 10.0 Å². The number of ether oxygens (including phenoxy) is 2. The van der Waals surface area contributed by atoms with Crippen LogP contribution in [0.4, 0.5) is 15.9 Å². The average Bonchev–Trinajstić information content (AvgIpc) is 2.90. The van der Waals surface area contributed by atoms with Gasteiger partial charge in [-0.1, -0.05) is 29.8 Å². The Morgan fingerprint density at radius 3 is 2.67 bits per heavy atom. The highest BCUT2D eigenvalue weighted by molar-refractivity contribution is 6.42. The van der Waals surface area contributed by atoms with Crippen LogP contribution in [0.15, 0.2) is 43.2 Å². The molecule has 2 aromatic carbocycles. The van der Waals surface area contributed by atoms with E-state index in [2.05, 4.69) is 26.8 Å². The Hall–Kier alpha value is -3.14. The molecule has 3 aliphatic heterocycles. The van der Waals surface area contributed by atoms with Crippen molar-refractivity contribution in [3.8, 4) is 11.5 Å². The number of amides is 1. The first-order valence-electron chi connectivity index (χ1n) is 13.1. The summed E-state index contributed by atoms with van der Waals surface area (Å²) >= 11 is 12.0. The van der Waals surface area contributed by atoms with E-state index < -0.39 is 5.82 Å². The van der Waals surface area contributed by atoms with Gasteiger partial charge in [0.05, 0.1) is 21.2 Å². The predicted octanol–water partition coefficient (Wildman–Crippen LogP) is 5.60. The van der Waals surface area contributed by atoms with Gasteiger partial charge in [0.15, 0.2) is 17.3 Å². The molecule has 7 rings (SSSR count). The summed E-state index contributed by atoms with van der Waals surface area (Å²) in [5.41, 5.74) is 0.759. The molecule has 11 heteroatoms. The van der Waals surface area contributed by atoms with E-state index in [1.807, 2.05) is 17.0 Å². The van der Waals surface area contributed by atoms with E-state index in [9.17, 15) is 9.18 Å². The van der Waals surface area contributed by atoms with Crippen LogP contribution < -0.4 is 14.8 Å². The number of nitrogens with zero attached hydrogens (tertiary/aromatic N) is 4. The highest BCUT2D eigenvalue weighted by Crippen LogP contribution is 2.42. The highest BCUT2D eigenvalue weighted by Gasteiger charge is 2.48. The first kappa shape index (κ1) is 26.1. The molecule has 204 valence electrons. The summed E-state index contributed by atoms with van der Waals surface area (Å²) in [5.74, 6) is 0.845. The molecule has 4 aliphatic rings. The molecule has 1 saturated carbocycles. The van der Waals surface area contributed by atoms with Crippen LogP contribution in [0.25, 0.3) is 10.9 Å². The van der Waals surface area contributed by atoms with Gasteiger partial charge in [-0.15, -0.1) is 0 Å². The summed E-state index contributed by atoms with van der Waals surface area (Å²) in [5, 5.41) is 3.62. The number of halogens is 3. The number of nitrogens with one attached hydrogen (secondary N) is 1. The smallest absolute Gasteiger partial charge is 0.246 e. The molecule has 1 aromatic heterocycles. The first-order chi connectivity index (χ1) is 18.9. The zero-order valence-electron chi connectivity index (χ0n) is 21.2. The second-order valence-electron chi connectivity index (χ2n) is 10.1. The van der Waals surface area contributed by atoms with Crippen molar-refractivity contribution in [2.24, 2.45) is 0 Å². The number of piperidine rings is 1. The lowest BCUT2D eigenvalue weighted by molar-refractivity contribution is -0.148. The van der Waals surface area contributed by atoms with Gasteiger partial charge in [0.1, 0.15) is 24.9 Å². The Morgan fingerprint density at radius 2 is 1.95 bits per heavy atom. The summed E-state index contributed by atoms with van der Waals surface area (Å²) < 4.78 is 27.5. The Kier molecular flexibility index (Phi) is 7.22. The molecule has 0 radical (unpaired) electrons. The molecule has 1 aliphatic carbocycles. The second kappa shape index (κ2) is 10.8. The van der Waals surface area contributed by atoms with E-state index in [0.29, 0.717) is 34.8 Å². The van der Waals surface area contributed by atoms with E-state index >= 15 is 0 Å². The molecule has 3 saturated heterocycles. The molecular formula is C28H28Cl2FN5O3. The van der Waals surface area contributed by atoms with Crippen molar-refractivity contribution in [3.63, 3.8) is 0 Å². The lowest BCUT2D eigenvalue weighted by Crippen LogP contribution is -2.64. The molecule has 0 spiro atoms. The van der Waals surface area contributed by atoms with Gasteiger partial charge < -0.3 is 19.7 Å². The van der Waals surface area contributed by atoms with E-state index in [0.717, 1.165) is 38.9 Å². The van der Waals surface area contributed by atoms with E-state index in [4.69, 9.17) is 32.7 Å². The number of carbonyl (C=O) groups excluding carboxylic acids is 1. The van der Waals surface area contributed by atoms with Crippen LogP contribution in [0, 0.1) is 5.82 Å². The first-order valence-corrected chi connectivity index (χ1v) is 13.8. The maximum Gasteiger partial charge on any atom is 0.246 e. The van der Waals surface area contributed by atoms with Crippen LogP contribution in [-0.2, 0) is 4.79 Å². The van der Waals surface area contributed by atoms with Crippen LogP contribution in [0.1, 0.15) is 25.7 Å². The van der Waals surface area contributed by atoms with Crippen molar-refractivity contribution in [2.75, 3.05) is 31.6 Å². The Balaban J connectivity index is 1.29. The van der Waals surface area contributed by atoms with Crippen LogP contribution in [0.3, 0.4) is 0 Å². The molecule has 39 heavy (non-hydrogen) atoms. The Morgan fingerprint density at radius 1 is 1.15 bits per heavy atom. The lowest BCUT2D eigenvalue weighted by Gasteiger charge is -2.54. The largest absolute Gasteiger partial charge is 0.488 e. The zero-order valence-corrected chi connectivity index (χ0v) is 22.7. The minimum Gasteiger partial charge on any atom is -0.488 e. The van der Waals surface area contributed by atoms with E-state index in [1.165, 1.54) is 31.0 Å². The van der Waals surface area contributed by atoms with Crippen molar-refractivity contribution in [3.05, 3.63) is 59.1 Å². The number of aromatic nitrogens is 2. The minimum atomic E-state index is -0.668. The van der Waals surface area contributed by atoms with Gasteiger partial charge in [0, 0.05) is 42.9 Å². The number of rotatable bonds is 9. The quantitative estimate of drug-likeness (QED) is 0.264.